The predicted octanol–water partition coefficient (Wildman–Crippen LogP) is 4.37. The standard InChI is InChI=1S/C28H24N4O3/c1-19-9-6-7-13-24(19)35-27-23(28(34)32-16-8-10-20(2)25(32)31-27)17-22(18-29)26(33)30-15-14-21-11-4-3-5-12-21/h3-13,16-17H,14-15H2,1-2H3,(H,30,33). The number of nitrogens with one attached hydrogen (secondary N) is 1. The Bertz CT molecular complexity index is 1520. The van der Waals surface area contributed by atoms with E-state index in [0.29, 0.717) is 24.4 Å². The third kappa shape index (κ3) is 5.28. The topological polar surface area (TPSA) is 96.5 Å². The summed E-state index contributed by atoms with van der Waals surface area (Å²) in [5, 5.41) is 12.4. The van der Waals surface area contributed by atoms with Gasteiger partial charge in [0, 0.05) is 12.7 Å². The van der Waals surface area contributed by atoms with E-state index in [-0.39, 0.29) is 17.0 Å². The Morgan fingerprint density at radius 3 is 2.51 bits per heavy atom. The van der Waals surface area contributed by atoms with E-state index in [9.17, 15) is 14.9 Å². The number of para-hydroxylation sites is 1. The van der Waals surface area contributed by atoms with Crippen LogP contribution in [0.1, 0.15) is 22.3 Å². The van der Waals surface area contributed by atoms with Crippen molar-refractivity contribution in [3.8, 4) is 17.7 Å². The van der Waals surface area contributed by atoms with Crippen LogP contribution in [0.4, 0.5) is 0 Å². The number of fused-ring (bicyclic) bond motifs is 1. The van der Waals surface area contributed by atoms with Crippen molar-refractivity contribution in [3.63, 3.8) is 0 Å². The molecule has 0 atom stereocenters. The van der Waals surface area contributed by atoms with Gasteiger partial charge in [-0.15, -0.1) is 0 Å². The molecule has 0 unspecified atom stereocenters. The molecule has 174 valence electrons. The van der Waals surface area contributed by atoms with E-state index in [0.717, 1.165) is 16.7 Å². The minimum absolute atomic E-state index is 0.0195. The molecule has 0 aliphatic rings. The summed E-state index contributed by atoms with van der Waals surface area (Å²) in [6, 6.07) is 22.5. The number of nitrogens with zero attached hydrogens (tertiary/aromatic N) is 3. The summed E-state index contributed by atoms with van der Waals surface area (Å²) >= 11 is 0. The molecule has 4 aromatic rings. The fourth-order valence-corrected chi connectivity index (χ4v) is 3.62. The molecule has 0 aliphatic carbocycles. The molecule has 4 rings (SSSR count). The highest BCUT2D eigenvalue weighted by molar-refractivity contribution is 6.01. The van der Waals surface area contributed by atoms with Gasteiger partial charge in [-0.1, -0.05) is 54.6 Å². The second kappa shape index (κ2) is 10.5. The van der Waals surface area contributed by atoms with Gasteiger partial charge in [0.15, 0.2) is 0 Å². The Labute approximate surface area is 203 Å². The van der Waals surface area contributed by atoms with Crippen LogP contribution in [0.3, 0.4) is 0 Å². The van der Waals surface area contributed by atoms with E-state index in [1.54, 1.807) is 18.3 Å². The number of hydrogen-bond acceptors (Lipinski definition) is 5. The molecular formula is C28H24N4O3. The van der Waals surface area contributed by atoms with Gasteiger partial charge >= 0.3 is 0 Å². The Morgan fingerprint density at radius 2 is 1.77 bits per heavy atom. The number of aryl methyl sites for hydroxylation is 2. The monoisotopic (exact) mass is 464 g/mol. The zero-order chi connectivity index (χ0) is 24.8. The smallest absolute Gasteiger partial charge is 0.269 e. The zero-order valence-corrected chi connectivity index (χ0v) is 19.5. The highest BCUT2D eigenvalue weighted by Crippen LogP contribution is 2.27. The van der Waals surface area contributed by atoms with E-state index < -0.39 is 11.5 Å². The van der Waals surface area contributed by atoms with Crippen LogP contribution in [0.15, 0.2) is 83.3 Å². The number of carbonyl (C=O) groups is 1. The van der Waals surface area contributed by atoms with Crippen LogP contribution in [0.2, 0.25) is 0 Å². The van der Waals surface area contributed by atoms with E-state index >= 15 is 0 Å². The second-order valence-electron chi connectivity index (χ2n) is 8.05. The number of amides is 1. The second-order valence-corrected chi connectivity index (χ2v) is 8.05. The van der Waals surface area contributed by atoms with Crippen molar-refractivity contribution in [2.75, 3.05) is 6.54 Å². The number of nitriles is 1. The van der Waals surface area contributed by atoms with Gasteiger partial charge in [-0.3, -0.25) is 14.0 Å². The zero-order valence-electron chi connectivity index (χ0n) is 19.5. The van der Waals surface area contributed by atoms with Crippen molar-refractivity contribution in [2.45, 2.75) is 20.3 Å². The summed E-state index contributed by atoms with van der Waals surface area (Å²) in [5.74, 6) is -0.0137. The number of aromatic nitrogens is 2. The first-order valence-corrected chi connectivity index (χ1v) is 11.2. The van der Waals surface area contributed by atoms with E-state index in [1.807, 2.05) is 74.5 Å². The normalized spacial score (nSPS) is 11.2. The number of rotatable bonds is 7. The third-order valence-electron chi connectivity index (χ3n) is 5.55. The molecule has 7 heteroatoms. The van der Waals surface area contributed by atoms with Crippen LogP contribution in [0.25, 0.3) is 11.7 Å². The molecule has 0 fully saturated rings. The van der Waals surface area contributed by atoms with Gasteiger partial charge in [-0.2, -0.15) is 10.2 Å². The van der Waals surface area contributed by atoms with Crippen LogP contribution >= 0.6 is 0 Å². The van der Waals surface area contributed by atoms with Gasteiger partial charge in [-0.25, -0.2) is 0 Å². The van der Waals surface area contributed by atoms with E-state index in [1.165, 1.54) is 10.5 Å². The fraction of sp³-hybridized carbons (Fsp3) is 0.143. The van der Waals surface area contributed by atoms with Crippen LogP contribution < -0.4 is 15.6 Å². The first kappa shape index (κ1) is 23.5. The molecule has 1 N–H and O–H groups in total. The summed E-state index contributed by atoms with van der Waals surface area (Å²) in [6.07, 6.45) is 3.46. The fourth-order valence-electron chi connectivity index (χ4n) is 3.62. The predicted molar refractivity (Wildman–Crippen MR) is 134 cm³/mol. The van der Waals surface area contributed by atoms with Crippen molar-refractivity contribution in [1.82, 2.24) is 14.7 Å². The lowest BCUT2D eigenvalue weighted by molar-refractivity contribution is -0.117. The number of ether oxygens (including phenoxy) is 1. The third-order valence-corrected chi connectivity index (χ3v) is 5.55. The average Bonchev–Trinajstić information content (AvgIpc) is 2.86. The molecule has 35 heavy (non-hydrogen) atoms. The number of benzene rings is 2. The molecule has 7 nitrogen and oxygen atoms in total. The maximum Gasteiger partial charge on any atom is 0.269 e. The summed E-state index contributed by atoms with van der Waals surface area (Å²) in [7, 11) is 0. The molecule has 2 aromatic heterocycles. The van der Waals surface area contributed by atoms with Crippen LogP contribution in [-0.4, -0.2) is 21.8 Å². The minimum Gasteiger partial charge on any atom is -0.438 e. The summed E-state index contributed by atoms with van der Waals surface area (Å²) < 4.78 is 7.42. The van der Waals surface area contributed by atoms with Gasteiger partial charge in [0.1, 0.15) is 28.6 Å². The van der Waals surface area contributed by atoms with Crippen molar-refractivity contribution < 1.29 is 9.53 Å². The molecule has 0 spiro atoms. The van der Waals surface area contributed by atoms with Crippen LogP contribution in [-0.2, 0) is 11.2 Å². The summed E-state index contributed by atoms with van der Waals surface area (Å²) in [6.45, 7) is 4.07. The molecular weight excluding hydrogens is 440 g/mol. The average molecular weight is 465 g/mol. The van der Waals surface area contributed by atoms with E-state index in [4.69, 9.17) is 4.74 Å². The Morgan fingerprint density at radius 1 is 1.06 bits per heavy atom. The maximum absolute atomic E-state index is 13.4. The number of pyridine rings is 1. The molecule has 0 radical (unpaired) electrons. The van der Waals surface area contributed by atoms with Crippen molar-refractivity contribution >= 4 is 17.6 Å². The van der Waals surface area contributed by atoms with Crippen LogP contribution in [0.5, 0.6) is 11.6 Å². The molecule has 0 saturated heterocycles. The molecule has 2 heterocycles. The molecule has 2 aromatic carbocycles. The van der Waals surface area contributed by atoms with Gasteiger partial charge in [-0.05, 0) is 55.2 Å². The Balaban J connectivity index is 1.72. The first-order valence-electron chi connectivity index (χ1n) is 11.2. The molecule has 0 saturated carbocycles. The van der Waals surface area contributed by atoms with Gasteiger partial charge < -0.3 is 10.1 Å². The van der Waals surface area contributed by atoms with Crippen molar-refractivity contribution in [3.05, 3.63) is 111 Å². The highest BCUT2D eigenvalue weighted by Gasteiger charge is 2.18. The summed E-state index contributed by atoms with van der Waals surface area (Å²) in [5.41, 5.74) is 2.51. The Kier molecular flexibility index (Phi) is 7.03. The lowest BCUT2D eigenvalue weighted by Crippen LogP contribution is -2.27. The first-order chi connectivity index (χ1) is 17.0. The van der Waals surface area contributed by atoms with Crippen LogP contribution in [0, 0.1) is 25.2 Å². The minimum atomic E-state index is -0.570. The van der Waals surface area contributed by atoms with Crippen molar-refractivity contribution in [2.24, 2.45) is 0 Å². The lowest BCUT2D eigenvalue weighted by Gasteiger charge is -2.13. The van der Waals surface area contributed by atoms with E-state index in [2.05, 4.69) is 10.3 Å². The number of hydrogen-bond donors (Lipinski definition) is 1. The molecule has 1 amide bonds. The summed E-state index contributed by atoms with van der Waals surface area (Å²) in [4.78, 5) is 30.7. The lowest BCUT2D eigenvalue weighted by atomic mass is 10.1. The van der Waals surface area contributed by atoms with Gasteiger partial charge in [0.2, 0.25) is 5.88 Å². The van der Waals surface area contributed by atoms with Gasteiger partial charge in [0.05, 0.1) is 0 Å². The SMILES string of the molecule is Cc1ccccc1Oc1nc2c(C)cccn2c(=O)c1C=C(C#N)C(=O)NCCc1ccccc1. The quantitative estimate of drug-likeness (QED) is 0.324. The Hall–Kier alpha value is -4.70. The van der Waals surface area contributed by atoms with Gasteiger partial charge in [0.25, 0.3) is 11.5 Å². The largest absolute Gasteiger partial charge is 0.438 e. The highest BCUT2D eigenvalue weighted by atomic mass is 16.5. The maximum atomic E-state index is 13.4. The number of carbonyl (C=O) groups excluding carboxylic acids is 1. The molecule has 0 bridgehead atoms. The molecule has 0 aliphatic heterocycles. The van der Waals surface area contributed by atoms with Crippen molar-refractivity contribution in [1.29, 1.82) is 5.26 Å².